The normalized spacial score (nSPS) is 51.9. The number of hydrogen-bond donors (Lipinski definition) is 0. The van der Waals surface area contributed by atoms with Crippen molar-refractivity contribution in [3.8, 4) is 0 Å². The highest BCUT2D eigenvalue weighted by atomic mass is 14.7. The number of hydrogen-bond acceptors (Lipinski definition) is 0. The molecule has 0 radical (unpaired) electrons. The Morgan fingerprint density at radius 2 is 1.93 bits per heavy atom. The molecule has 0 spiro atoms. The van der Waals surface area contributed by atoms with Crippen molar-refractivity contribution >= 4 is 0 Å². The summed E-state index contributed by atoms with van der Waals surface area (Å²) in [4.78, 5) is 0. The molecule has 0 aromatic carbocycles. The predicted molar refractivity (Wildman–Crippen MR) is 64.6 cm³/mol. The van der Waals surface area contributed by atoms with E-state index in [0.29, 0.717) is 10.8 Å². The zero-order valence-corrected chi connectivity index (χ0v) is 10.5. The molecule has 0 heteroatoms. The molecule has 0 aromatic rings. The Balaban J connectivity index is 2.02. The van der Waals surface area contributed by atoms with Gasteiger partial charge in [0.2, 0.25) is 0 Å². The monoisotopic (exact) mass is 204 g/mol. The smallest absolute Gasteiger partial charge is 0.0139 e. The predicted octanol–water partition coefficient (Wildman–Crippen LogP) is 4.42. The van der Waals surface area contributed by atoms with Crippen molar-refractivity contribution in [2.24, 2.45) is 28.6 Å². The third-order valence-corrected chi connectivity index (χ3v) is 5.84. The Labute approximate surface area is 94.1 Å². The number of fused-ring (bicyclic) bond motifs is 3. The second kappa shape index (κ2) is 2.70. The zero-order chi connectivity index (χ0) is 10.8. The minimum atomic E-state index is 0.571. The fourth-order valence-electron chi connectivity index (χ4n) is 5.40. The molecule has 0 nitrogen and oxygen atoms in total. The summed E-state index contributed by atoms with van der Waals surface area (Å²) in [7, 11) is 0. The van der Waals surface area contributed by atoms with Crippen LogP contribution in [0.25, 0.3) is 0 Å². The summed E-state index contributed by atoms with van der Waals surface area (Å²) < 4.78 is 0. The van der Waals surface area contributed by atoms with Crippen LogP contribution in [0.2, 0.25) is 0 Å². The summed E-state index contributed by atoms with van der Waals surface area (Å²) in [5, 5.41) is 0. The Hall–Kier alpha value is -0.260. The van der Waals surface area contributed by atoms with Crippen molar-refractivity contribution in [1.82, 2.24) is 0 Å². The largest absolute Gasteiger partial charge is 0.0996 e. The maximum Gasteiger partial charge on any atom is -0.0139 e. The topological polar surface area (TPSA) is 0 Å². The standard InChI is InChI=1S/C15H24/c1-10-5-6-11-9-15(4)8-7-14(2,3)13(15)12(10)11/h11-13H,1,5-9H2,2-4H3/t11-,12-,13-,15?/m0/s1. The molecule has 0 heterocycles. The average molecular weight is 204 g/mol. The van der Waals surface area contributed by atoms with Crippen molar-refractivity contribution in [2.45, 2.75) is 52.9 Å². The van der Waals surface area contributed by atoms with Crippen LogP contribution in [0, 0.1) is 28.6 Å². The van der Waals surface area contributed by atoms with E-state index in [1.54, 1.807) is 5.57 Å². The first-order valence-electron chi connectivity index (χ1n) is 6.62. The van der Waals surface area contributed by atoms with Crippen molar-refractivity contribution in [3.05, 3.63) is 12.2 Å². The Morgan fingerprint density at radius 1 is 1.20 bits per heavy atom. The molecule has 0 bridgehead atoms. The van der Waals surface area contributed by atoms with Gasteiger partial charge >= 0.3 is 0 Å². The maximum absolute atomic E-state index is 4.35. The Kier molecular flexibility index (Phi) is 1.79. The highest BCUT2D eigenvalue weighted by Gasteiger charge is 2.61. The number of allylic oxidation sites excluding steroid dienone is 1. The maximum atomic E-state index is 4.35. The first kappa shape index (κ1) is 9.93. The number of rotatable bonds is 0. The molecule has 3 rings (SSSR count). The van der Waals surface area contributed by atoms with E-state index >= 15 is 0 Å². The lowest BCUT2D eigenvalue weighted by Gasteiger charge is -2.36. The molecule has 0 N–H and O–H groups in total. The van der Waals surface area contributed by atoms with E-state index in [1.807, 2.05) is 0 Å². The van der Waals surface area contributed by atoms with Crippen molar-refractivity contribution in [1.29, 1.82) is 0 Å². The van der Waals surface area contributed by atoms with Gasteiger partial charge < -0.3 is 0 Å². The Morgan fingerprint density at radius 3 is 2.67 bits per heavy atom. The highest BCUT2D eigenvalue weighted by molar-refractivity contribution is 5.21. The molecule has 0 amide bonds. The molecule has 0 aromatic heterocycles. The van der Waals surface area contributed by atoms with Crippen LogP contribution in [-0.2, 0) is 0 Å². The van der Waals surface area contributed by atoms with Crippen molar-refractivity contribution in [3.63, 3.8) is 0 Å². The lowest BCUT2D eigenvalue weighted by Crippen LogP contribution is -2.30. The molecule has 0 aliphatic heterocycles. The van der Waals surface area contributed by atoms with Gasteiger partial charge in [-0.3, -0.25) is 0 Å². The van der Waals surface area contributed by atoms with Gasteiger partial charge in [-0.1, -0.05) is 32.9 Å². The van der Waals surface area contributed by atoms with Crippen molar-refractivity contribution < 1.29 is 0 Å². The van der Waals surface area contributed by atoms with Gasteiger partial charge in [0.25, 0.3) is 0 Å². The minimum Gasteiger partial charge on any atom is -0.0996 e. The second-order valence-corrected chi connectivity index (χ2v) is 7.31. The average Bonchev–Trinajstić information content (AvgIpc) is 2.67. The summed E-state index contributed by atoms with van der Waals surface area (Å²) in [6, 6.07) is 0. The molecular formula is C15H24. The van der Waals surface area contributed by atoms with Crippen LogP contribution in [0.5, 0.6) is 0 Å². The van der Waals surface area contributed by atoms with Gasteiger partial charge in [0.1, 0.15) is 0 Å². The minimum absolute atomic E-state index is 0.571. The van der Waals surface area contributed by atoms with E-state index in [-0.39, 0.29) is 0 Å². The lowest BCUT2D eigenvalue weighted by atomic mass is 9.68. The summed E-state index contributed by atoms with van der Waals surface area (Å²) in [5.41, 5.74) is 2.81. The summed E-state index contributed by atoms with van der Waals surface area (Å²) in [6.07, 6.45) is 7.14. The van der Waals surface area contributed by atoms with Gasteiger partial charge in [-0.2, -0.15) is 0 Å². The molecule has 15 heavy (non-hydrogen) atoms. The van der Waals surface area contributed by atoms with E-state index in [2.05, 4.69) is 27.4 Å². The SMILES string of the molecule is C=C1CC[C@H]2CC3(C)CCC(C)(C)[C@@H]3[C@@H]12. The summed E-state index contributed by atoms with van der Waals surface area (Å²) in [6.45, 7) is 11.9. The molecule has 0 saturated heterocycles. The first-order chi connectivity index (χ1) is 6.94. The fraction of sp³-hybridized carbons (Fsp3) is 0.867. The highest BCUT2D eigenvalue weighted by Crippen LogP contribution is 2.69. The van der Waals surface area contributed by atoms with Gasteiger partial charge in [-0.15, -0.1) is 0 Å². The molecule has 1 unspecified atom stereocenters. The van der Waals surface area contributed by atoms with Crippen LogP contribution < -0.4 is 0 Å². The van der Waals surface area contributed by atoms with E-state index in [1.165, 1.54) is 32.1 Å². The van der Waals surface area contributed by atoms with Crippen LogP contribution in [-0.4, -0.2) is 0 Å². The van der Waals surface area contributed by atoms with Gasteiger partial charge in [-0.05, 0) is 60.7 Å². The van der Waals surface area contributed by atoms with Gasteiger partial charge in [0.15, 0.2) is 0 Å². The van der Waals surface area contributed by atoms with Gasteiger partial charge in [0, 0.05) is 0 Å². The van der Waals surface area contributed by atoms with E-state index in [4.69, 9.17) is 0 Å². The van der Waals surface area contributed by atoms with Crippen LogP contribution in [0.1, 0.15) is 52.9 Å². The third-order valence-electron chi connectivity index (χ3n) is 5.84. The molecule has 84 valence electrons. The van der Waals surface area contributed by atoms with E-state index < -0.39 is 0 Å². The lowest BCUT2D eigenvalue weighted by molar-refractivity contribution is 0.146. The van der Waals surface area contributed by atoms with Crippen LogP contribution in [0.4, 0.5) is 0 Å². The second-order valence-electron chi connectivity index (χ2n) is 7.31. The fourth-order valence-corrected chi connectivity index (χ4v) is 5.40. The van der Waals surface area contributed by atoms with Crippen LogP contribution in [0.15, 0.2) is 12.2 Å². The van der Waals surface area contributed by atoms with E-state index in [9.17, 15) is 0 Å². The van der Waals surface area contributed by atoms with Gasteiger partial charge in [0.05, 0.1) is 0 Å². The van der Waals surface area contributed by atoms with E-state index in [0.717, 1.165) is 17.8 Å². The summed E-state index contributed by atoms with van der Waals surface area (Å²) >= 11 is 0. The Bertz CT molecular complexity index is 312. The molecular weight excluding hydrogens is 180 g/mol. The molecule has 3 aliphatic carbocycles. The quantitative estimate of drug-likeness (QED) is 0.513. The molecule has 3 fully saturated rings. The molecule has 3 saturated carbocycles. The molecule has 4 atom stereocenters. The summed E-state index contributed by atoms with van der Waals surface area (Å²) in [5.74, 6) is 2.81. The zero-order valence-electron chi connectivity index (χ0n) is 10.5. The third kappa shape index (κ3) is 1.14. The van der Waals surface area contributed by atoms with Crippen molar-refractivity contribution in [2.75, 3.05) is 0 Å². The first-order valence-corrected chi connectivity index (χ1v) is 6.62. The van der Waals surface area contributed by atoms with Gasteiger partial charge in [-0.25, -0.2) is 0 Å². The molecule has 3 aliphatic rings. The van der Waals surface area contributed by atoms with Crippen LogP contribution >= 0.6 is 0 Å². The van der Waals surface area contributed by atoms with Crippen LogP contribution in [0.3, 0.4) is 0 Å².